The van der Waals surface area contributed by atoms with Crippen LogP contribution >= 0.6 is 0 Å². The molecule has 0 spiro atoms. The van der Waals surface area contributed by atoms with Crippen LogP contribution in [0.2, 0.25) is 0 Å². The van der Waals surface area contributed by atoms with Gasteiger partial charge in [-0.2, -0.15) is 0 Å². The number of imidazole rings is 1. The number of hydrogen-bond acceptors (Lipinski definition) is 6. The van der Waals surface area contributed by atoms with Gasteiger partial charge in [0, 0.05) is 37.1 Å². The molecule has 2 N–H and O–H groups in total. The summed E-state index contributed by atoms with van der Waals surface area (Å²) in [5.74, 6) is 0.968. The summed E-state index contributed by atoms with van der Waals surface area (Å²) in [4.78, 5) is 16.5. The third-order valence-electron chi connectivity index (χ3n) is 5.77. The number of sulfonamides is 1. The molecular formula is C25H30N4O5S. The molecule has 9 nitrogen and oxygen atoms in total. The summed E-state index contributed by atoms with van der Waals surface area (Å²) < 4.78 is 40.5. The van der Waals surface area contributed by atoms with Crippen molar-refractivity contribution in [3.63, 3.8) is 0 Å². The van der Waals surface area contributed by atoms with E-state index >= 15 is 0 Å². The number of amides is 1. The van der Waals surface area contributed by atoms with Gasteiger partial charge in [0.1, 0.15) is 13.2 Å². The lowest BCUT2D eigenvalue weighted by atomic mass is 10.1. The number of hydrogen-bond donors (Lipinski definition) is 2. The highest BCUT2D eigenvalue weighted by Gasteiger charge is 2.19. The van der Waals surface area contributed by atoms with Crippen molar-refractivity contribution in [1.29, 1.82) is 0 Å². The molecule has 0 aliphatic carbocycles. The van der Waals surface area contributed by atoms with Crippen molar-refractivity contribution in [3.05, 3.63) is 66.7 Å². The summed E-state index contributed by atoms with van der Waals surface area (Å²) in [6.45, 7) is 3.11. The van der Waals surface area contributed by atoms with Crippen molar-refractivity contribution in [2.75, 3.05) is 19.8 Å². The average Bonchev–Trinajstić information content (AvgIpc) is 3.41. The van der Waals surface area contributed by atoms with Gasteiger partial charge in [-0.3, -0.25) is 4.79 Å². The highest BCUT2D eigenvalue weighted by atomic mass is 32.2. The highest BCUT2D eigenvalue weighted by molar-refractivity contribution is 7.89. The minimum Gasteiger partial charge on any atom is -0.486 e. The summed E-state index contributed by atoms with van der Waals surface area (Å²) in [5.41, 5.74) is 2.03. The number of fused-ring (bicyclic) bond motifs is 1. The summed E-state index contributed by atoms with van der Waals surface area (Å²) >= 11 is 0. The number of nitrogens with one attached hydrogen (secondary N) is 2. The van der Waals surface area contributed by atoms with Gasteiger partial charge in [-0.1, -0.05) is 18.6 Å². The lowest BCUT2D eigenvalue weighted by Gasteiger charge is -2.18. The second kappa shape index (κ2) is 11.4. The minimum atomic E-state index is -3.63. The van der Waals surface area contributed by atoms with Crippen molar-refractivity contribution < 1.29 is 22.7 Å². The molecule has 35 heavy (non-hydrogen) atoms. The van der Waals surface area contributed by atoms with E-state index in [4.69, 9.17) is 9.47 Å². The van der Waals surface area contributed by atoms with Crippen molar-refractivity contribution >= 4 is 15.9 Å². The van der Waals surface area contributed by atoms with Gasteiger partial charge in [0.2, 0.25) is 15.9 Å². The predicted octanol–water partition coefficient (Wildman–Crippen LogP) is 3.36. The maximum atomic E-state index is 12.5. The van der Waals surface area contributed by atoms with Crippen molar-refractivity contribution in [2.24, 2.45) is 0 Å². The van der Waals surface area contributed by atoms with Crippen LogP contribution in [0.4, 0.5) is 0 Å². The molecule has 10 heteroatoms. The summed E-state index contributed by atoms with van der Waals surface area (Å²) in [7, 11) is -3.63. The summed E-state index contributed by atoms with van der Waals surface area (Å²) in [5, 5.41) is 3.02. The molecule has 1 aromatic heterocycles. The summed E-state index contributed by atoms with van der Waals surface area (Å²) in [6, 6.07) is 12.5. The number of benzene rings is 2. The van der Waals surface area contributed by atoms with Crippen molar-refractivity contribution in [2.45, 2.75) is 43.5 Å². The van der Waals surface area contributed by atoms with E-state index in [0.717, 1.165) is 17.7 Å². The zero-order valence-electron chi connectivity index (χ0n) is 19.6. The van der Waals surface area contributed by atoms with Crippen LogP contribution in [0.15, 0.2) is 66.1 Å². The minimum absolute atomic E-state index is 0.0203. The first-order valence-electron chi connectivity index (χ1n) is 11.7. The van der Waals surface area contributed by atoms with Crippen LogP contribution in [-0.4, -0.2) is 43.6 Å². The second-order valence-corrected chi connectivity index (χ2v) is 10.1. The van der Waals surface area contributed by atoms with Crippen LogP contribution in [0.5, 0.6) is 11.5 Å². The van der Waals surface area contributed by atoms with Gasteiger partial charge in [-0.05, 0) is 49.6 Å². The van der Waals surface area contributed by atoms with E-state index in [1.54, 1.807) is 18.6 Å². The molecule has 0 bridgehead atoms. The van der Waals surface area contributed by atoms with E-state index < -0.39 is 10.0 Å². The van der Waals surface area contributed by atoms with E-state index in [-0.39, 0.29) is 16.8 Å². The Balaban J connectivity index is 1.14. The fraction of sp³-hybridized carbons (Fsp3) is 0.360. The van der Waals surface area contributed by atoms with Gasteiger partial charge in [-0.25, -0.2) is 18.1 Å². The molecule has 2 heterocycles. The number of aromatic nitrogens is 2. The lowest BCUT2D eigenvalue weighted by Crippen LogP contribution is -2.26. The van der Waals surface area contributed by atoms with E-state index in [2.05, 4.69) is 15.0 Å². The van der Waals surface area contributed by atoms with Crippen molar-refractivity contribution in [3.8, 4) is 17.2 Å². The Hall–Kier alpha value is -3.37. The molecule has 2 aromatic carbocycles. The Morgan fingerprint density at radius 1 is 1.06 bits per heavy atom. The van der Waals surface area contributed by atoms with Gasteiger partial charge in [0.25, 0.3) is 0 Å². The maximum Gasteiger partial charge on any atom is 0.240 e. The van der Waals surface area contributed by atoms with Crippen LogP contribution < -0.4 is 19.5 Å². The Morgan fingerprint density at radius 3 is 2.57 bits per heavy atom. The Labute approximate surface area is 205 Å². The Bertz CT molecular complexity index is 1230. The van der Waals surface area contributed by atoms with Gasteiger partial charge < -0.3 is 19.4 Å². The molecule has 1 unspecified atom stereocenters. The SMILES string of the molecule is CC(NC(=O)CCCCCNS(=O)(=O)c1ccc2c(c1)OCCO2)c1ccc(-n2ccnc2)cc1. The van der Waals surface area contributed by atoms with Crippen LogP contribution in [0, 0.1) is 0 Å². The topological polar surface area (TPSA) is 112 Å². The molecule has 0 saturated heterocycles. The number of ether oxygens (including phenoxy) is 2. The zero-order valence-corrected chi connectivity index (χ0v) is 20.5. The average molecular weight is 499 g/mol. The first-order chi connectivity index (χ1) is 16.9. The number of nitrogens with zero attached hydrogens (tertiary/aromatic N) is 2. The van der Waals surface area contributed by atoms with E-state index in [1.165, 1.54) is 12.1 Å². The van der Waals surface area contributed by atoms with Crippen LogP contribution in [0.3, 0.4) is 0 Å². The number of carbonyl (C=O) groups excluding carboxylic acids is 1. The maximum absolute atomic E-state index is 12.5. The molecule has 4 rings (SSSR count). The number of carbonyl (C=O) groups is 1. The lowest BCUT2D eigenvalue weighted by molar-refractivity contribution is -0.121. The second-order valence-electron chi connectivity index (χ2n) is 8.36. The molecule has 1 aliphatic rings. The first-order valence-corrected chi connectivity index (χ1v) is 13.2. The Kier molecular flexibility index (Phi) is 8.04. The number of unbranched alkanes of at least 4 members (excludes halogenated alkanes) is 2. The molecular weight excluding hydrogens is 468 g/mol. The van der Waals surface area contributed by atoms with Gasteiger partial charge in [-0.15, -0.1) is 0 Å². The fourth-order valence-corrected chi connectivity index (χ4v) is 4.90. The van der Waals surface area contributed by atoms with E-state index in [0.29, 0.717) is 50.5 Å². The smallest absolute Gasteiger partial charge is 0.240 e. The Morgan fingerprint density at radius 2 is 1.83 bits per heavy atom. The molecule has 1 aliphatic heterocycles. The van der Waals surface area contributed by atoms with E-state index in [9.17, 15) is 13.2 Å². The summed E-state index contributed by atoms with van der Waals surface area (Å²) in [6.07, 6.45) is 7.81. The molecule has 1 atom stereocenters. The normalized spacial score (nSPS) is 13.9. The fourth-order valence-electron chi connectivity index (χ4n) is 3.81. The van der Waals surface area contributed by atoms with E-state index in [1.807, 2.05) is 42.0 Å². The molecule has 1 amide bonds. The van der Waals surface area contributed by atoms with Crippen LogP contribution in [0.25, 0.3) is 5.69 Å². The molecule has 0 saturated carbocycles. The molecule has 0 fully saturated rings. The van der Waals surface area contributed by atoms with Crippen LogP contribution in [-0.2, 0) is 14.8 Å². The molecule has 0 radical (unpaired) electrons. The third-order valence-corrected chi connectivity index (χ3v) is 7.23. The predicted molar refractivity (Wildman–Crippen MR) is 131 cm³/mol. The standard InChI is InChI=1S/C25H30N4O5S/c1-19(20-6-8-21(9-7-20)29-14-13-26-18-29)28-25(30)5-3-2-4-12-27-35(31,32)22-10-11-23-24(17-22)34-16-15-33-23/h6-11,13-14,17-19,27H,2-5,12,15-16H2,1H3,(H,28,30). The molecule has 3 aromatic rings. The van der Waals surface area contributed by atoms with Crippen LogP contribution in [0.1, 0.15) is 44.2 Å². The number of rotatable bonds is 11. The quantitative estimate of drug-likeness (QED) is 0.392. The molecule has 186 valence electrons. The third kappa shape index (κ3) is 6.61. The largest absolute Gasteiger partial charge is 0.486 e. The zero-order chi connectivity index (χ0) is 24.7. The van der Waals surface area contributed by atoms with Gasteiger partial charge in [0.05, 0.1) is 17.3 Å². The van der Waals surface area contributed by atoms with Crippen molar-refractivity contribution in [1.82, 2.24) is 19.6 Å². The first kappa shape index (κ1) is 24.7. The monoisotopic (exact) mass is 498 g/mol. The highest BCUT2D eigenvalue weighted by Crippen LogP contribution is 2.32. The van der Waals surface area contributed by atoms with Gasteiger partial charge in [0.15, 0.2) is 11.5 Å². The van der Waals surface area contributed by atoms with Gasteiger partial charge >= 0.3 is 0 Å².